The van der Waals surface area contributed by atoms with Gasteiger partial charge in [-0.25, -0.2) is 13.2 Å². The monoisotopic (exact) mass is 331 g/mol. The van der Waals surface area contributed by atoms with Gasteiger partial charge in [-0.3, -0.25) is 0 Å². The molecule has 96 valence electrons. The number of halogens is 1. The van der Waals surface area contributed by atoms with Crippen LogP contribution in [0.5, 0.6) is 0 Å². The number of nitrogens with zero attached hydrogens (tertiary/aromatic N) is 1. The van der Waals surface area contributed by atoms with E-state index >= 15 is 0 Å². The smallest absolute Gasteiger partial charge is 0.336 e. The molecule has 0 saturated heterocycles. The fourth-order valence-corrected chi connectivity index (χ4v) is 3.25. The number of benzene rings is 1. The van der Waals surface area contributed by atoms with Crippen molar-refractivity contribution >= 4 is 31.7 Å². The zero-order valence-corrected chi connectivity index (χ0v) is 11.8. The Kier molecular flexibility index (Phi) is 4.48. The molecule has 0 aromatic heterocycles. The highest BCUT2D eigenvalue weighted by Crippen LogP contribution is 2.24. The van der Waals surface area contributed by atoms with Crippen molar-refractivity contribution in [3.05, 3.63) is 28.2 Å². The highest BCUT2D eigenvalue weighted by Gasteiger charge is 2.27. The molecule has 1 N–H and O–H groups in total. The van der Waals surface area contributed by atoms with Crippen LogP contribution in [0, 0.1) is 11.3 Å². The molecule has 0 aliphatic rings. The van der Waals surface area contributed by atoms with Gasteiger partial charge in [-0.05, 0) is 40.5 Å². The van der Waals surface area contributed by atoms with Gasteiger partial charge in [0.1, 0.15) is 0 Å². The molecular weight excluding hydrogens is 322 g/mol. The molecule has 0 aliphatic heterocycles. The predicted molar refractivity (Wildman–Crippen MR) is 68.0 cm³/mol. The molecule has 0 radical (unpaired) electrons. The van der Waals surface area contributed by atoms with Crippen LogP contribution >= 0.6 is 15.9 Å². The fraction of sp³-hybridized carbons (Fsp3) is 0.273. The maximum Gasteiger partial charge on any atom is 0.336 e. The zero-order valence-electron chi connectivity index (χ0n) is 9.42. The van der Waals surface area contributed by atoms with E-state index in [2.05, 4.69) is 15.9 Å². The van der Waals surface area contributed by atoms with E-state index in [0.29, 0.717) is 4.47 Å². The van der Waals surface area contributed by atoms with Gasteiger partial charge in [0.05, 0.1) is 16.5 Å². The molecule has 7 heteroatoms. The lowest BCUT2D eigenvalue weighted by atomic mass is 10.2. The third kappa shape index (κ3) is 2.71. The Labute approximate surface area is 113 Å². The summed E-state index contributed by atoms with van der Waals surface area (Å²) in [6, 6.07) is 5.40. The van der Waals surface area contributed by atoms with Crippen LogP contribution in [-0.2, 0) is 9.84 Å². The quantitative estimate of drug-likeness (QED) is 0.912. The highest BCUT2D eigenvalue weighted by molar-refractivity contribution is 9.10. The number of sulfone groups is 1. The summed E-state index contributed by atoms with van der Waals surface area (Å²) in [5.74, 6) is -1.23. The first kappa shape index (κ1) is 14.7. The van der Waals surface area contributed by atoms with Crippen molar-refractivity contribution in [1.82, 2.24) is 0 Å². The van der Waals surface area contributed by atoms with Gasteiger partial charge in [-0.2, -0.15) is 5.26 Å². The first-order valence-corrected chi connectivity index (χ1v) is 7.34. The van der Waals surface area contributed by atoms with Gasteiger partial charge >= 0.3 is 5.97 Å². The first-order chi connectivity index (χ1) is 8.34. The molecule has 1 unspecified atom stereocenters. The average Bonchev–Trinajstić information content (AvgIpc) is 2.30. The van der Waals surface area contributed by atoms with E-state index in [4.69, 9.17) is 10.4 Å². The Bertz CT molecular complexity index is 618. The Morgan fingerprint density at radius 1 is 1.56 bits per heavy atom. The predicted octanol–water partition coefficient (Wildman–Crippen LogP) is 2.22. The molecular formula is C11H10BrNO4S. The van der Waals surface area contributed by atoms with Crippen molar-refractivity contribution in [3.8, 4) is 6.07 Å². The molecule has 0 bridgehead atoms. The van der Waals surface area contributed by atoms with Crippen LogP contribution in [0.3, 0.4) is 0 Å². The van der Waals surface area contributed by atoms with Crippen molar-refractivity contribution in [3.63, 3.8) is 0 Å². The minimum Gasteiger partial charge on any atom is -0.478 e. The Morgan fingerprint density at radius 2 is 2.17 bits per heavy atom. The number of rotatable bonds is 4. The van der Waals surface area contributed by atoms with Crippen LogP contribution in [-0.4, -0.2) is 24.7 Å². The number of aromatic carboxylic acids is 1. The molecule has 0 aliphatic carbocycles. The normalized spacial score (nSPS) is 12.7. The fourth-order valence-electron chi connectivity index (χ4n) is 1.39. The molecule has 0 heterocycles. The van der Waals surface area contributed by atoms with Crippen LogP contribution in [0.15, 0.2) is 27.6 Å². The number of hydrogen-bond acceptors (Lipinski definition) is 4. The standard InChI is InChI=1S/C11H10BrNO4S/c1-2-7(6-13)18(16,17)8-3-4-10(12)9(5-8)11(14)15/h3-5,7H,2H2,1H3,(H,14,15). The maximum atomic E-state index is 12.0. The van der Waals surface area contributed by atoms with Gasteiger partial charge in [0.25, 0.3) is 0 Å². The van der Waals surface area contributed by atoms with Crippen LogP contribution in [0.4, 0.5) is 0 Å². The van der Waals surface area contributed by atoms with Crippen molar-refractivity contribution < 1.29 is 18.3 Å². The minimum absolute atomic E-state index is 0.149. The molecule has 0 saturated carbocycles. The minimum atomic E-state index is -3.82. The van der Waals surface area contributed by atoms with E-state index < -0.39 is 21.1 Å². The van der Waals surface area contributed by atoms with E-state index in [-0.39, 0.29) is 16.9 Å². The Morgan fingerprint density at radius 3 is 2.61 bits per heavy atom. The Hall–Kier alpha value is -1.39. The summed E-state index contributed by atoms with van der Waals surface area (Å²) in [5, 5.41) is 16.6. The SMILES string of the molecule is CCC(C#N)S(=O)(=O)c1ccc(Br)c(C(=O)O)c1. The van der Waals surface area contributed by atoms with Crippen LogP contribution in [0.1, 0.15) is 23.7 Å². The molecule has 1 rings (SSSR count). The van der Waals surface area contributed by atoms with E-state index in [1.54, 1.807) is 13.0 Å². The molecule has 18 heavy (non-hydrogen) atoms. The third-order valence-corrected chi connectivity index (χ3v) is 5.18. The van der Waals surface area contributed by atoms with E-state index in [0.717, 1.165) is 6.07 Å². The van der Waals surface area contributed by atoms with Crippen molar-refractivity contribution in [2.75, 3.05) is 0 Å². The summed E-state index contributed by atoms with van der Waals surface area (Å²) in [5.41, 5.74) is -0.149. The molecule has 0 spiro atoms. The number of carboxylic acid groups (broad SMARTS) is 1. The van der Waals surface area contributed by atoms with E-state index in [1.165, 1.54) is 12.1 Å². The molecule has 1 atom stereocenters. The van der Waals surface area contributed by atoms with Crippen LogP contribution in [0.2, 0.25) is 0 Å². The molecule has 1 aromatic carbocycles. The lowest BCUT2D eigenvalue weighted by Gasteiger charge is -2.09. The highest BCUT2D eigenvalue weighted by atomic mass is 79.9. The third-order valence-electron chi connectivity index (χ3n) is 2.39. The van der Waals surface area contributed by atoms with E-state index in [9.17, 15) is 13.2 Å². The lowest BCUT2D eigenvalue weighted by molar-refractivity contribution is 0.0695. The van der Waals surface area contributed by atoms with Crippen LogP contribution < -0.4 is 0 Å². The summed E-state index contributed by atoms with van der Waals surface area (Å²) >= 11 is 3.03. The van der Waals surface area contributed by atoms with Gasteiger partial charge in [0, 0.05) is 4.47 Å². The summed E-state index contributed by atoms with van der Waals surface area (Å²) < 4.78 is 24.4. The largest absolute Gasteiger partial charge is 0.478 e. The van der Waals surface area contributed by atoms with Gasteiger partial charge in [-0.15, -0.1) is 0 Å². The van der Waals surface area contributed by atoms with Crippen molar-refractivity contribution in [1.29, 1.82) is 5.26 Å². The molecule has 0 amide bonds. The number of hydrogen-bond donors (Lipinski definition) is 1. The number of carboxylic acids is 1. The number of nitriles is 1. The van der Waals surface area contributed by atoms with Crippen LogP contribution in [0.25, 0.3) is 0 Å². The Balaban J connectivity index is 3.40. The second-order valence-corrected chi connectivity index (χ2v) is 6.50. The first-order valence-electron chi connectivity index (χ1n) is 5.01. The second-order valence-electron chi connectivity index (χ2n) is 3.52. The van der Waals surface area contributed by atoms with E-state index in [1.807, 2.05) is 0 Å². The second kappa shape index (κ2) is 5.50. The topological polar surface area (TPSA) is 95.2 Å². The summed E-state index contributed by atoms with van der Waals surface area (Å²) in [7, 11) is -3.82. The number of carbonyl (C=O) groups is 1. The lowest BCUT2D eigenvalue weighted by Crippen LogP contribution is -2.19. The van der Waals surface area contributed by atoms with Crippen molar-refractivity contribution in [2.45, 2.75) is 23.5 Å². The maximum absolute atomic E-state index is 12.0. The molecule has 0 fully saturated rings. The van der Waals surface area contributed by atoms with Gasteiger partial charge in [-0.1, -0.05) is 6.92 Å². The summed E-state index contributed by atoms with van der Waals surface area (Å²) in [4.78, 5) is 10.8. The van der Waals surface area contributed by atoms with Crippen molar-refractivity contribution in [2.24, 2.45) is 0 Å². The van der Waals surface area contributed by atoms with Gasteiger partial charge in [0.2, 0.25) is 0 Å². The summed E-state index contributed by atoms with van der Waals surface area (Å²) in [6.07, 6.45) is 0.150. The molecule has 5 nitrogen and oxygen atoms in total. The zero-order chi connectivity index (χ0) is 13.9. The van der Waals surface area contributed by atoms with Gasteiger partial charge < -0.3 is 5.11 Å². The average molecular weight is 332 g/mol. The summed E-state index contributed by atoms with van der Waals surface area (Å²) in [6.45, 7) is 1.59. The van der Waals surface area contributed by atoms with Gasteiger partial charge in [0.15, 0.2) is 15.1 Å². The molecule has 1 aromatic rings.